The van der Waals surface area contributed by atoms with Gasteiger partial charge in [0.15, 0.2) is 0 Å². The van der Waals surface area contributed by atoms with E-state index in [1.807, 2.05) is 0 Å². The molecule has 2 atom stereocenters. The number of aryl methyl sites for hydroxylation is 4. The number of nitrogens with zero attached hydrogens (tertiary/aromatic N) is 2. The van der Waals surface area contributed by atoms with E-state index >= 15 is 0 Å². The Labute approximate surface area is 270 Å². The Bertz CT molecular complexity index is 1070. The van der Waals surface area contributed by atoms with Crippen molar-refractivity contribution in [3.63, 3.8) is 0 Å². The molecule has 0 spiro atoms. The fourth-order valence-corrected chi connectivity index (χ4v) is 8.52. The Balaban J connectivity index is 1.31. The molecule has 0 radical (unpaired) electrons. The molecule has 1 saturated carbocycles. The zero-order valence-electron chi connectivity index (χ0n) is 28.9. The third kappa shape index (κ3) is 7.84. The third-order valence-corrected chi connectivity index (χ3v) is 11.3. The zero-order chi connectivity index (χ0) is 30.8. The van der Waals surface area contributed by atoms with Gasteiger partial charge >= 0.3 is 0 Å². The average molecular weight is 601 g/mol. The summed E-state index contributed by atoms with van der Waals surface area (Å²) in [4.78, 5) is 0. The van der Waals surface area contributed by atoms with Crippen LogP contribution >= 0.6 is 0 Å². The maximum atomic E-state index is 4.13. The number of anilines is 2. The molecule has 2 heterocycles. The van der Waals surface area contributed by atoms with Crippen LogP contribution in [0.4, 0.5) is 11.4 Å². The van der Waals surface area contributed by atoms with Gasteiger partial charge in [0.2, 0.25) is 0 Å². The lowest BCUT2D eigenvalue weighted by Gasteiger charge is -2.47. The first-order valence-corrected chi connectivity index (χ1v) is 18.9. The molecule has 4 heteroatoms. The number of hydrogen-bond acceptors (Lipinski definition) is 4. The molecule has 2 aromatic rings. The standard InChI is InChI=1S/C40H64N4/c1-5-9-16-32-20-22-36(30-34(32)18-11-7-3)43-28-24-38(41-43)40(26-14-13-15-27-40)39-25-29-44(42-39)37-23-21-33(17-10-6-2)35(31-37)19-12-8-4/h20-23,30-31,38-39,41-42H,5-19,24-29H2,1-4H3. The van der Waals surface area contributed by atoms with E-state index in [9.17, 15) is 0 Å². The molecule has 244 valence electrons. The molecule has 2 unspecified atom stereocenters. The molecule has 2 saturated heterocycles. The molecular formula is C40H64N4. The lowest BCUT2D eigenvalue weighted by Crippen LogP contribution is -2.57. The highest BCUT2D eigenvalue weighted by molar-refractivity contribution is 5.53. The van der Waals surface area contributed by atoms with E-state index < -0.39 is 0 Å². The highest BCUT2D eigenvalue weighted by Gasteiger charge is 2.50. The van der Waals surface area contributed by atoms with Crippen LogP contribution < -0.4 is 20.9 Å². The number of nitrogens with one attached hydrogen (secondary N) is 2. The van der Waals surface area contributed by atoms with Crippen LogP contribution in [0.5, 0.6) is 0 Å². The van der Waals surface area contributed by atoms with Crippen molar-refractivity contribution in [1.82, 2.24) is 10.9 Å². The molecule has 5 rings (SSSR count). The quantitative estimate of drug-likeness (QED) is 0.201. The molecule has 4 nitrogen and oxygen atoms in total. The fraction of sp³-hybridized carbons (Fsp3) is 0.700. The van der Waals surface area contributed by atoms with Crippen molar-refractivity contribution >= 4 is 11.4 Å². The van der Waals surface area contributed by atoms with Crippen molar-refractivity contribution in [2.24, 2.45) is 5.41 Å². The molecule has 0 aromatic heterocycles. The van der Waals surface area contributed by atoms with Crippen LogP contribution in [-0.4, -0.2) is 25.2 Å². The molecule has 2 N–H and O–H groups in total. The fourth-order valence-electron chi connectivity index (χ4n) is 8.52. The summed E-state index contributed by atoms with van der Waals surface area (Å²) >= 11 is 0. The van der Waals surface area contributed by atoms with Crippen LogP contribution in [0.2, 0.25) is 0 Å². The van der Waals surface area contributed by atoms with E-state index in [4.69, 9.17) is 0 Å². The van der Waals surface area contributed by atoms with Crippen molar-refractivity contribution in [1.29, 1.82) is 0 Å². The first-order chi connectivity index (χ1) is 21.6. The first-order valence-electron chi connectivity index (χ1n) is 18.9. The monoisotopic (exact) mass is 601 g/mol. The van der Waals surface area contributed by atoms with Gasteiger partial charge in [-0.2, -0.15) is 0 Å². The van der Waals surface area contributed by atoms with E-state index in [-0.39, 0.29) is 0 Å². The van der Waals surface area contributed by atoms with Gasteiger partial charge in [-0.25, -0.2) is 10.9 Å². The Morgan fingerprint density at radius 2 is 0.977 bits per heavy atom. The second kappa shape index (κ2) is 16.5. The van der Waals surface area contributed by atoms with Gasteiger partial charge in [0.05, 0.1) is 11.4 Å². The largest absolute Gasteiger partial charge is 0.308 e. The van der Waals surface area contributed by atoms with Crippen LogP contribution in [0.1, 0.15) is 146 Å². The smallest absolute Gasteiger partial charge is 0.0522 e. The Morgan fingerprint density at radius 3 is 1.39 bits per heavy atom. The third-order valence-electron chi connectivity index (χ3n) is 11.3. The molecule has 0 amide bonds. The number of hydrazine groups is 2. The Hall–Kier alpha value is -2.04. The van der Waals surface area contributed by atoms with E-state index in [2.05, 4.69) is 85.0 Å². The minimum atomic E-state index is 0.319. The predicted octanol–water partition coefficient (Wildman–Crippen LogP) is 9.87. The first kappa shape index (κ1) is 33.3. The zero-order valence-corrected chi connectivity index (χ0v) is 28.9. The van der Waals surface area contributed by atoms with E-state index in [0.29, 0.717) is 17.5 Å². The lowest BCUT2D eigenvalue weighted by atomic mass is 9.63. The number of hydrogen-bond donors (Lipinski definition) is 2. The molecule has 0 bridgehead atoms. The molecular weight excluding hydrogens is 536 g/mol. The second-order valence-electron chi connectivity index (χ2n) is 14.4. The maximum Gasteiger partial charge on any atom is 0.0522 e. The minimum Gasteiger partial charge on any atom is -0.308 e. The van der Waals surface area contributed by atoms with Crippen molar-refractivity contribution in [3.05, 3.63) is 58.7 Å². The van der Waals surface area contributed by atoms with Gasteiger partial charge in [-0.1, -0.05) is 84.8 Å². The van der Waals surface area contributed by atoms with Crippen LogP contribution in [-0.2, 0) is 25.7 Å². The Morgan fingerprint density at radius 1 is 0.568 bits per heavy atom. The van der Waals surface area contributed by atoms with Crippen LogP contribution in [0.25, 0.3) is 0 Å². The van der Waals surface area contributed by atoms with E-state index in [0.717, 1.165) is 13.1 Å². The van der Waals surface area contributed by atoms with Crippen LogP contribution in [0.3, 0.4) is 0 Å². The van der Waals surface area contributed by atoms with Crippen molar-refractivity contribution in [2.75, 3.05) is 23.1 Å². The summed E-state index contributed by atoms with van der Waals surface area (Å²) in [5, 5.41) is 5.03. The van der Waals surface area contributed by atoms with Gasteiger partial charge in [-0.3, -0.25) is 0 Å². The topological polar surface area (TPSA) is 30.5 Å². The van der Waals surface area contributed by atoms with Gasteiger partial charge in [-0.05, 0) is 124 Å². The SMILES string of the molecule is CCCCc1ccc(N2CCC(C3(C4CCN(c5ccc(CCCC)c(CCCC)c5)N4)CCCCC3)N2)cc1CCCC. The minimum absolute atomic E-state index is 0.319. The summed E-state index contributed by atoms with van der Waals surface area (Å²) in [6.07, 6.45) is 24.4. The van der Waals surface area contributed by atoms with Gasteiger partial charge in [0.1, 0.15) is 0 Å². The van der Waals surface area contributed by atoms with Crippen molar-refractivity contribution in [2.45, 2.75) is 162 Å². The summed E-state index contributed by atoms with van der Waals surface area (Å²) in [5.74, 6) is 0. The lowest BCUT2D eigenvalue weighted by molar-refractivity contribution is 0.0852. The summed E-state index contributed by atoms with van der Waals surface area (Å²) in [7, 11) is 0. The molecule has 44 heavy (non-hydrogen) atoms. The number of unbranched alkanes of at least 4 members (excludes halogenated alkanes) is 4. The van der Waals surface area contributed by atoms with E-state index in [1.165, 1.54) is 133 Å². The normalized spacial score (nSPS) is 21.8. The maximum absolute atomic E-state index is 4.13. The van der Waals surface area contributed by atoms with Gasteiger partial charge in [0, 0.05) is 30.6 Å². The van der Waals surface area contributed by atoms with Crippen LogP contribution in [0.15, 0.2) is 36.4 Å². The molecule has 2 aliphatic heterocycles. The van der Waals surface area contributed by atoms with E-state index in [1.54, 1.807) is 22.3 Å². The average Bonchev–Trinajstić information content (AvgIpc) is 3.77. The summed E-state index contributed by atoms with van der Waals surface area (Å²) < 4.78 is 0. The molecule has 3 fully saturated rings. The summed E-state index contributed by atoms with van der Waals surface area (Å²) in [6, 6.07) is 15.8. The molecule has 3 aliphatic rings. The molecule has 2 aromatic carbocycles. The highest BCUT2D eigenvalue weighted by atomic mass is 15.6. The van der Waals surface area contributed by atoms with Gasteiger partial charge < -0.3 is 10.0 Å². The summed E-state index contributed by atoms with van der Waals surface area (Å²) in [5.41, 5.74) is 17.7. The number of benzene rings is 2. The van der Waals surface area contributed by atoms with Crippen molar-refractivity contribution in [3.8, 4) is 0 Å². The Kier molecular flexibility index (Phi) is 12.5. The summed E-state index contributed by atoms with van der Waals surface area (Å²) in [6.45, 7) is 11.5. The number of rotatable bonds is 16. The van der Waals surface area contributed by atoms with Gasteiger partial charge in [0.25, 0.3) is 0 Å². The van der Waals surface area contributed by atoms with Crippen LogP contribution in [0, 0.1) is 5.41 Å². The molecule has 1 aliphatic carbocycles. The van der Waals surface area contributed by atoms with Crippen molar-refractivity contribution < 1.29 is 0 Å². The highest BCUT2D eigenvalue weighted by Crippen LogP contribution is 2.47. The predicted molar refractivity (Wildman–Crippen MR) is 191 cm³/mol. The second-order valence-corrected chi connectivity index (χ2v) is 14.4. The van der Waals surface area contributed by atoms with Gasteiger partial charge in [-0.15, -0.1) is 0 Å².